The highest BCUT2D eigenvalue weighted by atomic mass is 16.5. The fourth-order valence-corrected chi connectivity index (χ4v) is 3.60. The third kappa shape index (κ3) is 5.51. The van der Waals surface area contributed by atoms with Crippen molar-refractivity contribution in [2.45, 2.75) is 57.7 Å². The monoisotopic (exact) mass is 392 g/mol. The van der Waals surface area contributed by atoms with Crippen molar-refractivity contribution >= 4 is 17.7 Å². The fraction of sp³-hybridized carbons (Fsp3) is 0.722. The van der Waals surface area contributed by atoms with Crippen molar-refractivity contribution in [3.8, 4) is 0 Å². The maximum Gasteiger partial charge on any atom is 0.292 e. The minimum absolute atomic E-state index is 0.0248. The summed E-state index contributed by atoms with van der Waals surface area (Å²) in [5, 5.41) is 11.7. The fourth-order valence-electron chi connectivity index (χ4n) is 3.60. The Balaban J connectivity index is 1.49. The van der Waals surface area contributed by atoms with Crippen molar-refractivity contribution < 1.29 is 18.9 Å². The molecule has 2 aliphatic rings. The van der Waals surface area contributed by atoms with Crippen LogP contribution < -0.4 is 16.0 Å². The van der Waals surface area contributed by atoms with Gasteiger partial charge >= 0.3 is 0 Å². The predicted molar refractivity (Wildman–Crippen MR) is 99.1 cm³/mol. The molecule has 3 amide bonds. The van der Waals surface area contributed by atoms with Crippen molar-refractivity contribution in [1.82, 2.24) is 31.0 Å². The molecule has 1 aromatic heterocycles. The Morgan fingerprint density at radius 2 is 1.89 bits per heavy atom. The minimum Gasteiger partial charge on any atom is -0.355 e. The maximum absolute atomic E-state index is 12.4. The number of rotatable bonds is 9. The molecule has 2 atom stereocenters. The molecule has 3 N–H and O–H groups in total. The number of hydrogen-bond acceptors (Lipinski definition) is 7. The van der Waals surface area contributed by atoms with Crippen molar-refractivity contribution in [3.05, 3.63) is 11.7 Å². The smallest absolute Gasteiger partial charge is 0.292 e. The third-order valence-corrected chi connectivity index (χ3v) is 5.28. The lowest BCUT2D eigenvalue weighted by Gasteiger charge is -2.30. The van der Waals surface area contributed by atoms with Crippen LogP contribution in [0.3, 0.4) is 0 Å². The maximum atomic E-state index is 12.4. The van der Waals surface area contributed by atoms with Gasteiger partial charge in [-0.15, -0.1) is 0 Å². The van der Waals surface area contributed by atoms with Gasteiger partial charge in [-0.1, -0.05) is 5.16 Å². The van der Waals surface area contributed by atoms with E-state index >= 15 is 0 Å². The lowest BCUT2D eigenvalue weighted by molar-refractivity contribution is -0.123. The zero-order valence-electron chi connectivity index (χ0n) is 16.4. The average Bonchev–Trinajstić information content (AvgIpc) is 3.23. The van der Waals surface area contributed by atoms with Gasteiger partial charge in [0.1, 0.15) is 0 Å². The van der Waals surface area contributed by atoms with Gasteiger partial charge in [0.15, 0.2) is 0 Å². The third-order valence-electron chi connectivity index (χ3n) is 5.28. The van der Waals surface area contributed by atoms with Crippen LogP contribution in [-0.2, 0) is 16.1 Å². The van der Waals surface area contributed by atoms with Crippen LogP contribution in [0.25, 0.3) is 0 Å². The molecule has 3 rings (SSSR count). The standard InChI is InChI=1S/C18H28N6O4/c1-11(25)20-8-14-6-5-13(24(14)10-12-3-4-12)7-15(26)21-9-16-22-17(23-28-16)18(27)19-2/h12-14H,3-10H2,1-2H3,(H,19,27)(H,20,25)(H,21,26)/t13-,14+/m0/s1. The molecule has 0 bridgehead atoms. The number of hydrogen-bond donors (Lipinski definition) is 3. The van der Waals surface area contributed by atoms with Crippen LogP contribution in [0.4, 0.5) is 0 Å². The van der Waals surface area contributed by atoms with E-state index in [0.717, 1.165) is 19.4 Å². The van der Waals surface area contributed by atoms with Gasteiger partial charge in [-0.05, 0) is 31.6 Å². The first-order chi connectivity index (χ1) is 13.5. The van der Waals surface area contributed by atoms with Gasteiger partial charge < -0.3 is 20.5 Å². The molecular weight excluding hydrogens is 364 g/mol. The van der Waals surface area contributed by atoms with E-state index in [0.29, 0.717) is 18.9 Å². The largest absolute Gasteiger partial charge is 0.355 e. The molecule has 154 valence electrons. The second-order valence-corrected chi connectivity index (χ2v) is 7.53. The Morgan fingerprint density at radius 1 is 1.14 bits per heavy atom. The lowest BCUT2D eigenvalue weighted by atomic mass is 10.1. The van der Waals surface area contributed by atoms with Gasteiger partial charge in [-0.2, -0.15) is 4.98 Å². The van der Waals surface area contributed by atoms with Gasteiger partial charge in [-0.25, -0.2) is 0 Å². The summed E-state index contributed by atoms with van der Waals surface area (Å²) >= 11 is 0. The Kier molecular flexibility index (Phi) is 6.61. The SMILES string of the molecule is CNC(=O)c1noc(CNC(=O)C[C@@H]2CC[C@H](CNC(C)=O)N2CC2CC2)n1. The number of nitrogens with one attached hydrogen (secondary N) is 3. The normalized spacial score (nSPS) is 22.1. The first-order valence-electron chi connectivity index (χ1n) is 9.77. The van der Waals surface area contributed by atoms with Crippen LogP contribution in [0.1, 0.15) is 55.5 Å². The van der Waals surface area contributed by atoms with Gasteiger partial charge in [0.05, 0.1) is 6.54 Å². The zero-order valence-corrected chi connectivity index (χ0v) is 16.4. The molecule has 1 aromatic rings. The molecule has 1 aliphatic heterocycles. The molecule has 0 unspecified atom stereocenters. The van der Waals surface area contributed by atoms with E-state index in [4.69, 9.17) is 4.52 Å². The van der Waals surface area contributed by atoms with Crippen molar-refractivity contribution in [3.63, 3.8) is 0 Å². The summed E-state index contributed by atoms with van der Waals surface area (Å²) in [5.74, 6) is 0.294. The molecule has 0 radical (unpaired) electrons. The zero-order chi connectivity index (χ0) is 20.1. The highest BCUT2D eigenvalue weighted by Crippen LogP contribution is 2.35. The first kappa shape index (κ1) is 20.2. The van der Waals surface area contributed by atoms with E-state index in [1.54, 1.807) is 0 Å². The van der Waals surface area contributed by atoms with E-state index in [1.807, 2.05) is 0 Å². The van der Waals surface area contributed by atoms with Crippen LogP contribution in [-0.4, -0.2) is 65.0 Å². The molecule has 10 heteroatoms. The molecule has 1 saturated heterocycles. The van der Waals surface area contributed by atoms with Gasteiger partial charge in [0.25, 0.3) is 11.7 Å². The molecule has 28 heavy (non-hydrogen) atoms. The second-order valence-electron chi connectivity index (χ2n) is 7.53. The number of carbonyl (C=O) groups excluding carboxylic acids is 3. The Morgan fingerprint density at radius 3 is 2.57 bits per heavy atom. The van der Waals surface area contributed by atoms with E-state index < -0.39 is 5.91 Å². The van der Waals surface area contributed by atoms with Crippen LogP contribution in [0.15, 0.2) is 4.52 Å². The summed E-state index contributed by atoms with van der Waals surface area (Å²) in [6.07, 6.45) is 4.79. The van der Waals surface area contributed by atoms with Crippen LogP contribution in [0.2, 0.25) is 0 Å². The summed E-state index contributed by atoms with van der Waals surface area (Å²) in [4.78, 5) is 41.4. The van der Waals surface area contributed by atoms with Gasteiger partial charge in [0.2, 0.25) is 17.7 Å². The predicted octanol–water partition coefficient (Wildman–Crippen LogP) is -0.185. The highest BCUT2D eigenvalue weighted by molar-refractivity contribution is 5.89. The van der Waals surface area contributed by atoms with Crippen molar-refractivity contribution in [2.24, 2.45) is 5.92 Å². The number of aromatic nitrogens is 2. The Labute approximate surface area is 163 Å². The Hall–Kier alpha value is -2.49. The van der Waals surface area contributed by atoms with E-state index in [1.165, 1.54) is 26.8 Å². The summed E-state index contributed by atoms with van der Waals surface area (Å²) in [7, 11) is 1.48. The molecule has 0 aromatic carbocycles. The van der Waals surface area contributed by atoms with E-state index in [2.05, 4.69) is 31.0 Å². The van der Waals surface area contributed by atoms with Crippen LogP contribution in [0.5, 0.6) is 0 Å². The first-order valence-corrected chi connectivity index (χ1v) is 9.77. The average molecular weight is 392 g/mol. The molecule has 0 spiro atoms. The molecule has 1 aliphatic carbocycles. The number of carbonyl (C=O) groups is 3. The molecular formula is C18H28N6O4. The topological polar surface area (TPSA) is 129 Å². The summed E-state index contributed by atoms with van der Waals surface area (Å²) in [6.45, 7) is 3.23. The number of amides is 3. The van der Waals surface area contributed by atoms with Crippen molar-refractivity contribution in [2.75, 3.05) is 20.1 Å². The van der Waals surface area contributed by atoms with Gasteiger partial charge in [-0.3, -0.25) is 19.3 Å². The van der Waals surface area contributed by atoms with Crippen molar-refractivity contribution in [1.29, 1.82) is 0 Å². The minimum atomic E-state index is -0.437. The molecule has 1 saturated carbocycles. The number of likely N-dealkylation sites (tertiary alicyclic amines) is 1. The summed E-state index contributed by atoms with van der Waals surface area (Å²) in [5.41, 5.74) is 0. The number of nitrogens with zero attached hydrogens (tertiary/aromatic N) is 3. The van der Waals surface area contributed by atoms with E-state index in [-0.39, 0.29) is 42.2 Å². The lowest BCUT2D eigenvalue weighted by Crippen LogP contribution is -2.45. The van der Waals surface area contributed by atoms with Gasteiger partial charge in [0, 0.05) is 45.6 Å². The second kappa shape index (κ2) is 9.13. The summed E-state index contributed by atoms with van der Waals surface area (Å²) < 4.78 is 4.97. The van der Waals surface area contributed by atoms with Crippen LogP contribution >= 0.6 is 0 Å². The highest BCUT2D eigenvalue weighted by Gasteiger charge is 2.37. The molecule has 10 nitrogen and oxygen atoms in total. The summed E-state index contributed by atoms with van der Waals surface area (Å²) in [6, 6.07) is 0.455. The quantitative estimate of drug-likeness (QED) is 0.531. The van der Waals surface area contributed by atoms with E-state index in [9.17, 15) is 14.4 Å². The molecule has 2 heterocycles. The molecule has 2 fully saturated rings. The Bertz CT molecular complexity index is 717. The van der Waals surface area contributed by atoms with Crippen LogP contribution in [0, 0.1) is 5.92 Å².